The van der Waals surface area contributed by atoms with E-state index in [1.165, 1.54) is 6.07 Å². The summed E-state index contributed by atoms with van der Waals surface area (Å²) in [6.45, 7) is 4.55. The molecule has 5 nitrogen and oxygen atoms in total. The molecule has 5 heteroatoms. The van der Waals surface area contributed by atoms with Gasteiger partial charge in [-0.2, -0.15) is 0 Å². The number of nitro groups is 1. The van der Waals surface area contributed by atoms with Gasteiger partial charge in [0.1, 0.15) is 5.69 Å². The van der Waals surface area contributed by atoms with Crippen LogP contribution in [-0.4, -0.2) is 11.5 Å². The van der Waals surface area contributed by atoms with Gasteiger partial charge in [-0.3, -0.25) is 10.1 Å². The Hall–Kier alpha value is -1.78. The van der Waals surface area contributed by atoms with Crippen LogP contribution >= 0.6 is 0 Å². The Morgan fingerprint density at radius 3 is 2.75 bits per heavy atom. The first-order valence-corrected chi connectivity index (χ1v) is 5.34. The summed E-state index contributed by atoms with van der Waals surface area (Å²) in [6, 6.07) is 3.27. The number of nitrogens with two attached hydrogens (primary N) is 1. The number of nitrogens with one attached hydrogen (secondary N) is 1. The fourth-order valence-electron chi connectivity index (χ4n) is 1.52. The molecule has 0 fully saturated rings. The van der Waals surface area contributed by atoms with E-state index in [1.54, 1.807) is 13.0 Å². The normalized spacial score (nSPS) is 10.1. The van der Waals surface area contributed by atoms with Crippen molar-refractivity contribution >= 4 is 17.1 Å². The van der Waals surface area contributed by atoms with Gasteiger partial charge >= 0.3 is 0 Å². The van der Waals surface area contributed by atoms with Gasteiger partial charge in [0.05, 0.1) is 10.6 Å². The molecule has 0 saturated carbocycles. The molecule has 0 aromatic heterocycles. The Kier molecular flexibility index (Phi) is 4.10. The van der Waals surface area contributed by atoms with Crippen molar-refractivity contribution in [2.24, 2.45) is 0 Å². The molecular weight excluding hydrogens is 206 g/mol. The summed E-state index contributed by atoms with van der Waals surface area (Å²) in [4.78, 5) is 10.5. The van der Waals surface area contributed by atoms with Crippen molar-refractivity contribution in [2.45, 2.75) is 26.7 Å². The molecule has 0 spiro atoms. The molecule has 16 heavy (non-hydrogen) atoms. The van der Waals surface area contributed by atoms with Crippen molar-refractivity contribution in [1.29, 1.82) is 0 Å². The van der Waals surface area contributed by atoms with Crippen molar-refractivity contribution in [3.05, 3.63) is 27.8 Å². The van der Waals surface area contributed by atoms with Crippen molar-refractivity contribution in [1.82, 2.24) is 0 Å². The summed E-state index contributed by atoms with van der Waals surface area (Å²) in [7, 11) is 0. The van der Waals surface area contributed by atoms with Crippen LogP contribution in [0.5, 0.6) is 0 Å². The fraction of sp³-hybridized carbons (Fsp3) is 0.455. The molecule has 1 rings (SSSR count). The molecule has 1 aromatic carbocycles. The standard InChI is InChI=1S/C11H17N3O2/c1-3-4-5-13-11-9(12)6-8(2)7-10(11)14(15)16/h6-7,13H,3-5,12H2,1-2H3. The third-order valence-electron chi connectivity index (χ3n) is 2.32. The average molecular weight is 223 g/mol. The smallest absolute Gasteiger partial charge is 0.294 e. The molecule has 0 bridgehead atoms. The average Bonchev–Trinajstić information content (AvgIpc) is 2.20. The van der Waals surface area contributed by atoms with Crippen LogP contribution in [0.4, 0.5) is 17.1 Å². The monoisotopic (exact) mass is 223 g/mol. The van der Waals surface area contributed by atoms with E-state index >= 15 is 0 Å². The molecule has 0 atom stereocenters. The Balaban J connectivity index is 2.99. The third kappa shape index (κ3) is 2.85. The lowest BCUT2D eigenvalue weighted by atomic mass is 10.1. The highest BCUT2D eigenvalue weighted by Crippen LogP contribution is 2.31. The minimum Gasteiger partial charge on any atom is -0.397 e. The maximum atomic E-state index is 10.9. The molecule has 0 heterocycles. The SMILES string of the molecule is CCCCNc1c(N)cc(C)cc1[N+](=O)[O-]. The minimum absolute atomic E-state index is 0.0496. The van der Waals surface area contributed by atoms with E-state index in [4.69, 9.17) is 5.73 Å². The van der Waals surface area contributed by atoms with Gasteiger partial charge in [0.2, 0.25) is 0 Å². The summed E-state index contributed by atoms with van der Waals surface area (Å²) >= 11 is 0. The zero-order chi connectivity index (χ0) is 12.1. The highest BCUT2D eigenvalue weighted by Gasteiger charge is 2.16. The zero-order valence-corrected chi connectivity index (χ0v) is 9.62. The predicted molar refractivity (Wildman–Crippen MR) is 65.6 cm³/mol. The van der Waals surface area contributed by atoms with Gasteiger partial charge in [-0.05, 0) is 25.0 Å². The minimum atomic E-state index is -0.405. The van der Waals surface area contributed by atoms with Crippen LogP contribution in [0.15, 0.2) is 12.1 Å². The van der Waals surface area contributed by atoms with E-state index < -0.39 is 4.92 Å². The predicted octanol–water partition coefficient (Wildman–Crippen LogP) is 2.70. The highest BCUT2D eigenvalue weighted by atomic mass is 16.6. The number of nitrogens with zero attached hydrogens (tertiary/aromatic N) is 1. The number of hydrogen-bond donors (Lipinski definition) is 2. The van der Waals surface area contributed by atoms with Crippen molar-refractivity contribution < 1.29 is 4.92 Å². The fourth-order valence-corrected chi connectivity index (χ4v) is 1.52. The van der Waals surface area contributed by atoms with Gasteiger partial charge in [-0.25, -0.2) is 0 Å². The van der Waals surface area contributed by atoms with E-state index in [2.05, 4.69) is 12.2 Å². The van der Waals surface area contributed by atoms with Crippen molar-refractivity contribution in [2.75, 3.05) is 17.6 Å². The van der Waals surface area contributed by atoms with Crippen LogP contribution in [0.1, 0.15) is 25.3 Å². The van der Waals surface area contributed by atoms with Gasteiger partial charge in [0, 0.05) is 12.6 Å². The number of benzene rings is 1. The maximum absolute atomic E-state index is 10.9. The van der Waals surface area contributed by atoms with Crippen LogP contribution < -0.4 is 11.1 Å². The second-order valence-electron chi connectivity index (χ2n) is 3.79. The first-order valence-electron chi connectivity index (χ1n) is 5.34. The molecule has 0 saturated heterocycles. The lowest BCUT2D eigenvalue weighted by molar-refractivity contribution is -0.383. The number of nitro benzene ring substituents is 1. The number of aryl methyl sites for hydroxylation is 1. The molecule has 0 aliphatic rings. The van der Waals surface area contributed by atoms with Crippen LogP contribution in [-0.2, 0) is 0 Å². The zero-order valence-electron chi connectivity index (χ0n) is 9.62. The molecule has 0 radical (unpaired) electrons. The summed E-state index contributed by atoms with van der Waals surface area (Å²) < 4.78 is 0. The lowest BCUT2D eigenvalue weighted by Crippen LogP contribution is -2.07. The third-order valence-corrected chi connectivity index (χ3v) is 2.32. The van der Waals surface area contributed by atoms with E-state index in [0.717, 1.165) is 18.4 Å². The highest BCUT2D eigenvalue weighted by molar-refractivity contribution is 5.77. The summed E-state index contributed by atoms with van der Waals surface area (Å²) in [5.74, 6) is 0. The number of anilines is 2. The van der Waals surface area contributed by atoms with E-state index in [9.17, 15) is 10.1 Å². The van der Waals surface area contributed by atoms with Crippen LogP contribution in [0.3, 0.4) is 0 Å². The Morgan fingerprint density at radius 2 is 2.19 bits per heavy atom. The summed E-state index contributed by atoms with van der Waals surface area (Å²) in [6.07, 6.45) is 2.00. The molecule has 3 N–H and O–H groups in total. The number of unbranched alkanes of at least 4 members (excludes halogenated alkanes) is 1. The summed E-state index contributed by atoms with van der Waals surface area (Å²) in [5, 5.41) is 13.9. The molecule has 0 aliphatic carbocycles. The van der Waals surface area contributed by atoms with E-state index in [0.29, 0.717) is 17.9 Å². The van der Waals surface area contributed by atoms with Gasteiger partial charge in [0.25, 0.3) is 5.69 Å². The van der Waals surface area contributed by atoms with Gasteiger partial charge in [-0.1, -0.05) is 13.3 Å². The molecule has 0 unspecified atom stereocenters. The second-order valence-corrected chi connectivity index (χ2v) is 3.79. The Morgan fingerprint density at radius 1 is 1.50 bits per heavy atom. The molecular formula is C11H17N3O2. The van der Waals surface area contributed by atoms with Crippen LogP contribution in [0, 0.1) is 17.0 Å². The first-order chi connectivity index (χ1) is 7.56. The Bertz CT molecular complexity index is 391. The van der Waals surface area contributed by atoms with Gasteiger partial charge < -0.3 is 11.1 Å². The topological polar surface area (TPSA) is 81.2 Å². The lowest BCUT2D eigenvalue weighted by Gasteiger charge is -2.10. The Labute approximate surface area is 94.8 Å². The van der Waals surface area contributed by atoms with Gasteiger partial charge in [0.15, 0.2) is 0 Å². The molecule has 0 aliphatic heterocycles. The van der Waals surface area contributed by atoms with Gasteiger partial charge in [-0.15, -0.1) is 0 Å². The van der Waals surface area contributed by atoms with Crippen molar-refractivity contribution in [3.63, 3.8) is 0 Å². The molecule has 0 amide bonds. The summed E-state index contributed by atoms with van der Waals surface area (Å²) in [5.41, 5.74) is 7.49. The molecule has 1 aromatic rings. The number of hydrogen-bond acceptors (Lipinski definition) is 4. The largest absolute Gasteiger partial charge is 0.397 e. The van der Waals surface area contributed by atoms with Crippen LogP contribution in [0.25, 0.3) is 0 Å². The van der Waals surface area contributed by atoms with Crippen molar-refractivity contribution in [3.8, 4) is 0 Å². The second kappa shape index (κ2) is 5.34. The first kappa shape index (κ1) is 12.3. The number of rotatable bonds is 5. The van der Waals surface area contributed by atoms with Crippen LogP contribution in [0.2, 0.25) is 0 Å². The molecule has 88 valence electrons. The van der Waals surface area contributed by atoms with E-state index in [-0.39, 0.29) is 5.69 Å². The van der Waals surface area contributed by atoms with E-state index in [1.807, 2.05) is 0 Å². The quantitative estimate of drug-likeness (QED) is 0.348. The maximum Gasteiger partial charge on any atom is 0.294 e. The number of nitrogen functional groups attached to an aromatic ring is 1.